The standard InChI is InChI=1S/C36H36Cl2N4O4/c1-20(43)23-15-42(16-23)31-11-10-21-12-22(13-32(45-2)33(21)31)25-6-4-7-26(34(25)37)27-8-5-9-28(35(27)38)29-14-39-30(36(40-29)46-3)19-41-17-24(44)18-41/h4-9,12-14,23-24,31,44H,10-11,15-19H2,1-3H3. The van der Waals surface area contributed by atoms with Crippen molar-refractivity contribution in [2.45, 2.75) is 38.5 Å². The summed E-state index contributed by atoms with van der Waals surface area (Å²) in [6.07, 6.45) is 3.37. The number of carbonyl (C=O) groups is 1. The van der Waals surface area contributed by atoms with E-state index in [1.807, 2.05) is 36.4 Å². The lowest BCUT2D eigenvalue weighted by Crippen LogP contribution is -2.50. The number of hydrogen-bond acceptors (Lipinski definition) is 8. The molecule has 0 amide bonds. The summed E-state index contributed by atoms with van der Waals surface area (Å²) in [5, 5.41) is 10.8. The van der Waals surface area contributed by atoms with Crippen molar-refractivity contribution < 1.29 is 19.4 Å². The molecule has 0 spiro atoms. The molecule has 2 fully saturated rings. The molecule has 0 bridgehead atoms. The normalized spacial score (nSPS) is 18.6. The molecular weight excluding hydrogens is 623 g/mol. The van der Waals surface area contributed by atoms with Gasteiger partial charge in [0.15, 0.2) is 0 Å². The van der Waals surface area contributed by atoms with Crippen molar-refractivity contribution in [1.29, 1.82) is 0 Å². The van der Waals surface area contributed by atoms with Crippen LogP contribution in [0.3, 0.4) is 0 Å². The fraction of sp³-hybridized carbons (Fsp3) is 0.361. The molecule has 1 aromatic heterocycles. The summed E-state index contributed by atoms with van der Waals surface area (Å²) in [4.78, 5) is 25.7. The maximum Gasteiger partial charge on any atom is 0.237 e. The maximum atomic E-state index is 11.8. The average molecular weight is 660 g/mol. The number of β-amino-alcohol motifs (C(OH)–C–C–N with tert-alkyl or cyclic N) is 1. The highest BCUT2D eigenvalue weighted by Gasteiger charge is 2.40. The number of halogens is 2. The highest BCUT2D eigenvalue weighted by atomic mass is 35.5. The van der Waals surface area contributed by atoms with Gasteiger partial charge in [-0.05, 0) is 37.0 Å². The zero-order chi connectivity index (χ0) is 32.1. The van der Waals surface area contributed by atoms with Gasteiger partial charge in [0.25, 0.3) is 0 Å². The number of Topliss-reactive ketones (excluding diaryl/α,β-unsaturated/α-hetero) is 1. The van der Waals surface area contributed by atoms with E-state index in [1.165, 1.54) is 11.1 Å². The van der Waals surface area contributed by atoms with Crippen LogP contribution in [-0.4, -0.2) is 77.2 Å². The van der Waals surface area contributed by atoms with Crippen LogP contribution in [0.5, 0.6) is 11.6 Å². The lowest BCUT2D eigenvalue weighted by Gasteiger charge is -2.42. The van der Waals surface area contributed by atoms with E-state index in [1.54, 1.807) is 27.3 Å². The van der Waals surface area contributed by atoms with E-state index in [-0.39, 0.29) is 23.8 Å². The van der Waals surface area contributed by atoms with Crippen molar-refractivity contribution in [3.8, 4) is 45.1 Å². The number of hydrogen-bond donors (Lipinski definition) is 1. The van der Waals surface area contributed by atoms with Crippen molar-refractivity contribution in [3.05, 3.63) is 81.6 Å². The minimum atomic E-state index is -0.292. The first kappa shape index (κ1) is 31.1. The number of ether oxygens (including phenoxy) is 2. The van der Waals surface area contributed by atoms with Crippen LogP contribution in [0.2, 0.25) is 10.0 Å². The second-order valence-corrected chi connectivity index (χ2v) is 13.2. The Morgan fingerprint density at radius 3 is 2.28 bits per heavy atom. The summed E-state index contributed by atoms with van der Waals surface area (Å²) in [7, 11) is 3.29. The van der Waals surface area contributed by atoms with Crippen molar-refractivity contribution in [2.75, 3.05) is 40.4 Å². The summed E-state index contributed by atoms with van der Waals surface area (Å²) in [6, 6.07) is 16.4. The molecule has 46 heavy (non-hydrogen) atoms. The number of carbonyl (C=O) groups excluding carboxylic acids is 1. The van der Waals surface area contributed by atoms with Gasteiger partial charge in [-0.2, -0.15) is 0 Å². The van der Waals surface area contributed by atoms with Crippen molar-refractivity contribution >= 4 is 29.0 Å². The van der Waals surface area contributed by atoms with E-state index in [0.717, 1.165) is 59.5 Å². The van der Waals surface area contributed by atoms with Crippen LogP contribution >= 0.6 is 23.2 Å². The van der Waals surface area contributed by atoms with E-state index >= 15 is 0 Å². The molecule has 3 aromatic carbocycles. The Hall–Kier alpha value is -3.53. The van der Waals surface area contributed by atoms with Crippen LogP contribution in [0, 0.1) is 5.92 Å². The Bertz CT molecular complexity index is 1820. The number of aromatic nitrogens is 2. The highest BCUT2D eigenvalue weighted by molar-refractivity contribution is 6.39. The minimum Gasteiger partial charge on any atom is -0.496 e. The number of fused-ring (bicyclic) bond motifs is 1. The summed E-state index contributed by atoms with van der Waals surface area (Å²) in [5.74, 6) is 1.69. The average Bonchev–Trinajstić information content (AvgIpc) is 3.43. The van der Waals surface area contributed by atoms with Crippen LogP contribution in [0.15, 0.2) is 54.7 Å². The smallest absolute Gasteiger partial charge is 0.237 e. The van der Waals surface area contributed by atoms with Crippen molar-refractivity contribution in [1.82, 2.24) is 19.8 Å². The second-order valence-electron chi connectivity index (χ2n) is 12.5. The number of benzene rings is 3. The van der Waals surface area contributed by atoms with Gasteiger partial charge in [0.2, 0.25) is 5.88 Å². The molecule has 8 nitrogen and oxygen atoms in total. The maximum absolute atomic E-state index is 11.8. The number of aliphatic hydroxyl groups is 1. The first-order valence-electron chi connectivity index (χ1n) is 15.6. The number of aryl methyl sites for hydroxylation is 1. The quantitative estimate of drug-likeness (QED) is 0.218. The van der Waals surface area contributed by atoms with E-state index in [9.17, 15) is 9.90 Å². The lowest BCUT2D eigenvalue weighted by atomic mass is 9.91. The van der Waals surface area contributed by atoms with Crippen LogP contribution in [0.25, 0.3) is 33.5 Å². The number of aliphatic hydroxyl groups excluding tert-OH is 1. The third kappa shape index (κ3) is 5.56. The van der Waals surface area contributed by atoms with Crippen LogP contribution < -0.4 is 9.47 Å². The molecule has 7 rings (SSSR count). The number of nitrogens with zero attached hydrogens (tertiary/aromatic N) is 4. The Labute approximate surface area is 278 Å². The molecule has 2 aliphatic heterocycles. The molecule has 238 valence electrons. The van der Waals surface area contributed by atoms with Crippen molar-refractivity contribution in [2.24, 2.45) is 5.92 Å². The summed E-state index contributed by atoms with van der Waals surface area (Å²) >= 11 is 14.3. The molecule has 0 radical (unpaired) electrons. The zero-order valence-corrected chi connectivity index (χ0v) is 27.6. The van der Waals surface area contributed by atoms with Crippen LogP contribution in [-0.2, 0) is 17.8 Å². The molecule has 3 heterocycles. The van der Waals surface area contributed by atoms with Crippen LogP contribution in [0.1, 0.15) is 36.2 Å². The first-order chi connectivity index (χ1) is 22.2. The minimum absolute atomic E-state index is 0.139. The SMILES string of the molecule is COc1cc(-c2cccc(-c3cccc(-c4cnc(CN5CC(O)C5)c(OC)n4)c3Cl)c2Cl)cc2c1C(N1CC(C(C)=O)C1)CC2. The van der Waals surface area contributed by atoms with Gasteiger partial charge < -0.3 is 14.6 Å². The molecule has 1 atom stereocenters. The van der Waals surface area contributed by atoms with Crippen molar-refractivity contribution in [3.63, 3.8) is 0 Å². The lowest BCUT2D eigenvalue weighted by molar-refractivity contribution is -0.127. The number of methoxy groups -OCH3 is 2. The summed E-state index contributed by atoms with van der Waals surface area (Å²) < 4.78 is 11.5. The predicted molar refractivity (Wildman–Crippen MR) is 180 cm³/mol. The molecule has 1 aliphatic carbocycles. The highest BCUT2D eigenvalue weighted by Crippen LogP contribution is 2.48. The number of ketones is 1. The van der Waals surface area contributed by atoms with Crippen LogP contribution in [0.4, 0.5) is 0 Å². The predicted octanol–water partition coefficient (Wildman–Crippen LogP) is 6.49. The Morgan fingerprint density at radius 2 is 1.63 bits per heavy atom. The molecule has 0 saturated carbocycles. The Balaban J connectivity index is 1.20. The topological polar surface area (TPSA) is 88.0 Å². The third-order valence-corrected chi connectivity index (χ3v) is 10.4. The van der Waals surface area contributed by atoms with Gasteiger partial charge in [0.05, 0.1) is 42.3 Å². The van der Waals surface area contributed by atoms with E-state index in [0.29, 0.717) is 46.9 Å². The molecule has 10 heteroatoms. The number of rotatable bonds is 9. The van der Waals surface area contributed by atoms with Gasteiger partial charge in [-0.25, -0.2) is 4.98 Å². The van der Waals surface area contributed by atoms with Gasteiger partial charge >= 0.3 is 0 Å². The third-order valence-electron chi connectivity index (χ3n) is 9.58. The van der Waals surface area contributed by atoms with E-state index in [2.05, 4.69) is 26.9 Å². The van der Waals surface area contributed by atoms with Gasteiger partial charge in [-0.3, -0.25) is 19.6 Å². The van der Waals surface area contributed by atoms with E-state index < -0.39 is 0 Å². The fourth-order valence-electron chi connectivity index (χ4n) is 7.00. The molecule has 3 aliphatic rings. The molecule has 4 aromatic rings. The van der Waals surface area contributed by atoms with Gasteiger partial charge in [-0.15, -0.1) is 0 Å². The molecule has 1 unspecified atom stereocenters. The number of likely N-dealkylation sites (tertiary alicyclic amines) is 2. The van der Waals surface area contributed by atoms with Gasteiger partial charge in [-0.1, -0.05) is 65.7 Å². The van der Waals surface area contributed by atoms with Gasteiger partial charge in [0, 0.05) is 72.5 Å². The largest absolute Gasteiger partial charge is 0.496 e. The second kappa shape index (κ2) is 12.6. The monoisotopic (exact) mass is 658 g/mol. The molecule has 2 saturated heterocycles. The van der Waals surface area contributed by atoms with Gasteiger partial charge in [0.1, 0.15) is 17.2 Å². The summed E-state index contributed by atoms with van der Waals surface area (Å²) in [5.41, 5.74) is 7.99. The summed E-state index contributed by atoms with van der Waals surface area (Å²) in [6.45, 7) is 5.08. The Morgan fingerprint density at radius 1 is 0.957 bits per heavy atom. The Kier molecular flexibility index (Phi) is 8.50. The molecule has 1 N–H and O–H groups in total. The molecular formula is C36H36Cl2N4O4. The zero-order valence-electron chi connectivity index (χ0n) is 26.1. The fourth-order valence-corrected chi connectivity index (χ4v) is 7.66. The van der Waals surface area contributed by atoms with E-state index in [4.69, 9.17) is 37.7 Å². The first-order valence-corrected chi connectivity index (χ1v) is 16.3.